The topological polar surface area (TPSA) is 73.5 Å². The fourth-order valence-electron chi connectivity index (χ4n) is 4.36. The molecule has 1 aromatic heterocycles. The Balaban J connectivity index is 1.61. The third-order valence-electron chi connectivity index (χ3n) is 6.08. The number of fused-ring (bicyclic) bond motifs is 1. The maximum Gasteiger partial charge on any atom is 0.410 e. The largest absolute Gasteiger partial charge is 0.444 e. The highest BCUT2D eigenvalue weighted by Crippen LogP contribution is 2.22. The van der Waals surface area contributed by atoms with Crippen molar-refractivity contribution in [3.05, 3.63) is 80.0 Å². The summed E-state index contributed by atoms with van der Waals surface area (Å²) in [6, 6.07) is 14.7. The Labute approximate surface area is 203 Å². The fourth-order valence-corrected chi connectivity index (χ4v) is 4.53. The summed E-state index contributed by atoms with van der Waals surface area (Å²) in [5, 5.41) is 0.876. The van der Waals surface area contributed by atoms with E-state index in [1.807, 2.05) is 51.1 Å². The Morgan fingerprint density at radius 1 is 1.03 bits per heavy atom. The van der Waals surface area contributed by atoms with E-state index in [2.05, 4.69) is 0 Å². The number of aromatic nitrogens is 2. The molecule has 180 valence electrons. The predicted molar refractivity (Wildman–Crippen MR) is 134 cm³/mol. The van der Waals surface area contributed by atoms with Crippen molar-refractivity contribution in [1.82, 2.24) is 14.0 Å². The summed E-state index contributed by atoms with van der Waals surface area (Å²) in [5.41, 5.74) is 0.327. The lowest BCUT2D eigenvalue weighted by Crippen LogP contribution is -2.45. The van der Waals surface area contributed by atoms with Crippen LogP contribution in [0.4, 0.5) is 4.79 Å². The molecule has 0 unspecified atom stereocenters. The van der Waals surface area contributed by atoms with Crippen molar-refractivity contribution in [1.29, 1.82) is 0 Å². The maximum absolute atomic E-state index is 13.5. The molecule has 0 N–H and O–H groups in total. The minimum Gasteiger partial charge on any atom is -0.444 e. The summed E-state index contributed by atoms with van der Waals surface area (Å²) < 4.78 is 8.43. The number of piperidine rings is 1. The van der Waals surface area contributed by atoms with Crippen LogP contribution < -0.4 is 11.2 Å². The molecule has 3 aromatic rings. The molecule has 1 aliphatic heterocycles. The van der Waals surface area contributed by atoms with Gasteiger partial charge in [-0.25, -0.2) is 9.59 Å². The molecule has 0 atom stereocenters. The van der Waals surface area contributed by atoms with Crippen molar-refractivity contribution in [2.75, 3.05) is 13.1 Å². The first-order valence-electron chi connectivity index (χ1n) is 11.6. The molecule has 1 aliphatic rings. The van der Waals surface area contributed by atoms with Crippen LogP contribution in [0.15, 0.2) is 58.1 Å². The molecule has 1 saturated heterocycles. The minimum atomic E-state index is -0.544. The second-order valence-electron chi connectivity index (χ2n) is 9.84. The van der Waals surface area contributed by atoms with Gasteiger partial charge in [-0.3, -0.25) is 13.9 Å². The number of carbonyl (C=O) groups excluding carboxylic acids is 1. The highest BCUT2D eigenvalue weighted by Gasteiger charge is 2.28. The monoisotopic (exact) mass is 483 g/mol. The number of rotatable bonds is 4. The Kier molecular flexibility index (Phi) is 6.84. The van der Waals surface area contributed by atoms with E-state index >= 15 is 0 Å². The Hall–Kier alpha value is -3.06. The number of halogens is 1. The second-order valence-corrected chi connectivity index (χ2v) is 10.3. The van der Waals surface area contributed by atoms with Gasteiger partial charge < -0.3 is 9.64 Å². The molecule has 0 spiro atoms. The molecular formula is C26H30ClN3O4. The standard InChI is InChI=1S/C26H30ClN3O4/c1-26(2,3)34-25(33)28-13-11-19(12-14-28)17-30-23(31)21-15-20(27)9-10-22(21)29(24(30)32)16-18-7-5-4-6-8-18/h4-10,15,19H,11-14,16-17H2,1-3H3. The summed E-state index contributed by atoms with van der Waals surface area (Å²) in [6.07, 6.45) is 1.06. The highest BCUT2D eigenvalue weighted by molar-refractivity contribution is 6.31. The minimum absolute atomic E-state index is 0.103. The molecule has 4 rings (SSSR count). The van der Waals surface area contributed by atoms with E-state index in [-0.39, 0.29) is 23.3 Å². The molecule has 2 heterocycles. The Bertz CT molecular complexity index is 1300. The third-order valence-corrected chi connectivity index (χ3v) is 6.31. The maximum atomic E-state index is 13.5. The van der Waals surface area contributed by atoms with Gasteiger partial charge in [0.2, 0.25) is 0 Å². The molecule has 0 radical (unpaired) electrons. The molecule has 0 bridgehead atoms. The molecule has 7 nitrogen and oxygen atoms in total. The van der Waals surface area contributed by atoms with Crippen LogP contribution in [0.5, 0.6) is 0 Å². The molecule has 8 heteroatoms. The first kappa shape index (κ1) is 24.1. The number of carbonyl (C=O) groups is 1. The molecule has 0 aliphatic carbocycles. The van der Waals surface area contributed by atoms with Crippen molar-refractivity contribution in [2.24, 2.45) is 5.92 Å². The van der Waals surface area contributed by atoms with Gasteiger partial charge in [-0.05, 0) is 63.3 Å². The van der Waals surface area contributed by atoms with Crippen molar-refractivity contribution in [3.63, 3.8) is 0 Å². The van der Waals surface area contributed by atoms with Crippen LogP contribution in [0.25, 0.3) is 10.9 Å². The fraction of sp³-hybridized carbons (Fsp3) is 0.423. The third kappa shape index (κ3) is 5.36. The smallest absolute Gasteiger partial charge is 0.410 e. The van der Waals surface area contributed by atoms with E-state index in [0.717, 1.165) is 5.56 Å². The highest BCUT2D eigenvalue weighted by atomic mass is 35.5. The number of nitrogens with zero attached hydrogens (tertiary/aromatic N) is 3. The Morgan fingerprint density at radius 2 is 1.71 bits per heavy atom. The summed E-state index contributed by atoms with van der Waals surface area (Å²) in [5.74, 6) is 0.103. The van der Waals surface area contributed by atoms with Gasteiger partial charge in [0.1, 0.15) is 5.60 Å². The lowest BCUT2D eigenvalue weighted by molar-refractivity contribution is 0.0177. The number of hydrogen-bond donors (Lipinski definition) is 0. The van der Waals surface area contributed by atoms with Crippen molar-refractivity contribution >= 4 is 28.6 Å². The van der Waals surface area contributed by atoms with E-state index in [1.54, 1.807) is 27.7 Å². The number of likely N-dealkylation sites (tertiary alicyclic amines) is 1. The lowest BCUT2D eigenvalue weighted by atomic mass is 9.97. The van der Waals surface area contributed by atoms with Gasteiger partial charge in [0.15, 0.2) is 0 Å². The zero-order chi connectivity index (χ0) is 24.5. The van der Waals surface area contributed by atoms with Crippen LogP contribution in [0.3, 0.4) is 0 Å². The van der Waals surface area contributed by atoms with Crippen LogP contribution >= 0.6 is 11.6 Å². The van der Waals surface area contributed by atoms with Crippen molar-refractivity contribution in [3.8, 4) is 0 Å². The van der Waals surface area contributed by atoms with Gasteiger partial charge in [0.05, 0.1) is 17.4 Å². The van der Waals surface area contributed by atoms with Crippen LogP contribution in [0.2, 0.25) is 5.02 Å². The van der Waals surface area contributed by atoms with Crippen LogP contribution in [-0.2, 0) is 17.8 Å². The van der Waals surface area contributed by atoms with E-state index in [9.17, 15) is 14.4 Å². The molecule has 34 heavy (non-hydrogen) atoms. The van der Waals surface area contributed by atoms with E-state index in [4.69, 9.17) is 16.3 Å². The first-order chi connectivity index (χ1) is 16.1. The molecule has 1 amide bonds. The van der Waals surface area contributed by atoms with Gasteiger partial charge in [-0.1, -0.05) is 41.9 Å². The van der Waals surface area contributed by atoms with Crippen molar-refractivity contribution in [2.45, 2.75) is 52.3 Å². The average Bonchev–Trinajstić information content (AvgIpc) is 2.79. The molecule has 1 fully saturated rings. The van der Waals surface area contributed by atoms with Crippen LogP contribution in [0.1, 0.15) is 39.2 Å². The summed E-state index contributed by atoms with van der Waals surface area (Å²) >= 11 is 6.19. The lowest BCUT2D eigenvalue weighted by Gasteiger charge is -2.33. The van der Waals surface area contributed by atoms with Gasteiger partial charge >= 0.3 is 11.8 Å². The first-order valence-corrected chi connectivity index (χ1v) is 11.9. The Morgan fingerprint density at radius 3 is 2.35 bits per heavy atom. The van der Waals surface area contributed by atoms with Gasteiger partial charge in [0, 0.05) is 24.7 Å². The summed E-state index contributed by atoms with van der Waals surface area (Å²) in [4.78, 5) is 40.9. The van der Waals surface area contributed by atoms with Crippen LogP contribution in [0, 0.1) is 5.92 Å². The van der Waals surface area contributed by atoms with Crippen molar-refractivity contribution < 1.29 is 9.53 Å². The number of benzene rings is 2. The van der Waals surface area contributed by atoms with Crippen LogP contribution in [-0.4, -0.2) is 38.8 Å². The number of hydrogen-bond acceptors (Lipinski definition) is 4. The normalized spacial score (nSPS) is 15.0. The molecule has 2 aromatic carbocycles. The predicted octanol–water partition coefficient (Wildman–Crippen LogP) is 4.51. The van der Waals surface area contributed by atoms with Gasteiger partial charge in [-0.2, -0.15) is 0 Å². The van der Waals surface area contributed by atoms with E-state index < -0.39 is 5.60 Å². The average molecular weight is 484 g/mol. The SMILES string of the molecule is CC(C)(C)OC(=O)N1CCC(Cn2c(=O)c3cc(Cl)ccc3n(Cc3ccccc3)c2=O)CC1. The van der Waals surface area contributed by atoms with E-state index in [1.165, 1.54) is 4.57 Å². The molecule has 0 saturated carbocycles. The molecular weight excluding hydrogens is 454 g/mol. The number of amides is 1. The summed E-state index contributed by atoms with van der Waals surface area (Å²) in [7, 11) is 0. The zero-order valence-corrected chi connectivity index (χ0v) is 20.5. The second kappa shape index (κ2) is 9.66. The quantitative estimate of drug-likeness (QED) is 0.547. The number of ether oxygens (including phenoxy) is 1. The summed E-state index contributed by atoms with van der Waals surface area (Å²) in [6.45, 7) is 7.26. The zero-order valence-electron chi connectivity index (χ0n) is 19.8. The van der Waals surface area contributed by atoms with Gasteiger partial charge in [0.25, 0.3) is 5.56 Å². The van der Waals surface area contributed by atoms with E-state index in [0.29, 0.717) is 54.9 Å². The van der Waals surface area contributed by atoms with Gasteiger partial charge in [-0.15, -0.1) is 0 Å².